The lowest BCUT2D eigenvalue weighted by molar-refractivity contribution is 0.296. The van der Waals surface area contributed by atoms with Gasteiger partial charge in [0.25, 0.3) is 0 Å². The lowest BCUT2D eigenvalue weighted by Crippen LogP contribution is -2.07. The van der Waals surface area contributed by atoms with Crippen molar-refractivity contribution < 1.29 is 9.62 Å². The third-order valence-corrected chi connectivity index (χ3v) is 2.45. The summed E-state index contributed by atoms with van der Waals surface area (Å²) < 4.78 is 5.19. The van der Waals surface area contributed by atoms with Crippen LogP contribution in [-0.2, 0) is 0 Å². The van der Waals surface area contributed by atoms with Crippen LogP contribution in [-0.4, -0.2) is 5.21 Å². The molecule has 0 saturated heterocycles. The minimum absolute atomic E-state index is 0.0725. The molecule has 0 saturated carbocycles. The van der Waals surface area contributed by atoms with Crippen molar-refractivity contribution >= 4 is 32.6 Å². The van der Waals surface area contributed by atoms with E-state index < -0.39 is 5.63 Å². The minimum atomic E-state index is -0.488. The summed E-state index contributed by atoms with van der Waals surface area (Å²) in [5.74, 6) is 0. The van der Waals surface area contributed by atoms with E-state index in [1.165, 1.54) is 24.3 Å². The van der Waals surface area contributed by atoms with Crippen LogP contribution in [0.2, 0.25) is 0 Å². The molecule has 2 aromatic rings. The molecular formula is C9H5BrNO4-. The Kier molecular flexibility index (Phi) is 2.47. The molecule has 0 amide bonds. The van der Waals surface area contributed by atoms with Crippen LogP contribution in [0.3, 0.4) is 0 Å². The monoisotopic (exact) mass is 270 g/mol. The van der Waals surface area contributed by atoms with Crippen LogP contribution in [0.5, 0.6) is 0 Å². The number of nitrogens with zero attached hydrogens (tertiary/aromatic N) is 1. The molecule has 5 nitrogen and oxygen atoms in total. The summed E-state index contributed by atoms with van der Waals surface area (Å²) in [6.07, 6.45) is 0. The first-order valence-corrected chi connectivity index (χ1v) is 4.77. The van der Waals surface area contributed by atoms with Gasteiger partial charge in [0.1, 0.15) is 10.1 Å². The Labute approximate surface area is 92.2 Å². The second-order valence-electron chi connectivity index (χ2n) is 2.88. The zero-order chi connectivity index (χ0) is 11.0. The largest absolute Gasteiger partial charge is 0.733 e. The standard InChI is InChI=1S/C9H5BrNO4/c10-7-4-5-3-6(11(13)14)1-2-8(5)15-9(7)12/h1-4,13H/q-1. The second kappa shape index (κ2) is 3.65. The highest BCUT2D eigenvalue weighted by Gasteiger charge is 2.03. The molecule has 1 aromatic heterocycles. The zero-order valence-corrected chi connectivity index (χ0v) is 8.89. The number of hydrogen-bond donors (Lipinski definition) is 1. The molecule has 78 valence electrons. The quantitative estimate of drug-likeness (QED) is 0.635. The average molecular weight is 271 g/mol. The summed E-state index contributed by atoms with van der Waals surface area (Å²) in [5.41, 5.74) is -0.0599. The molecule has 0 atom stereocenters. The van der Waals surface area contributed by atoms with E-state index in [-0.39, 0.29) is 15.4 Å². The molecule has 1 aromatic carbocycles. The van der Waals surface area contributed by atoms with Crippen molar-refractivity contribution in [1.82, 2.24) is 0 Å². The van der Waals surface area contributed by atoms with Gasteiger partial charge in [0.15, 0.2) is 0 Å². The van der Waals surface area contributed by atoms with Gasteiger partial charge in [-0.1, -0.05) is 0 Å². The predicted octanol–water partition coefficient (Wildman–Crippen LogP) is 2.25. The van der Waals surface area contributed by atoms with E-state index in [0.717, 1.165) is 0 Å². The molecule has 0 aliphatic carbocycles. The number of fused-ring (bicyclic) bond motifs is 1. The average Bonchev–Trinajstić information content (AvgIpc) is 2.19. The Balaban J connectivity index is 2.72. The van der Waals surface area contributed by atoms with Crippen LogP contribution in [0.25, 0.3) is 11.0 Å². The van der Waals surface area contributed by atoms with Gasteiger partial charge in [-0.15, -0.1) is 0 Å². The van der Waals surface area contributed by atoms with E-state index in [1.807, 2.05) is 0 Å². The van der Waals surface area contributed by atoms with Crippen molar-refractivity contribution in [3.8, 4) is 0 Å². The molecule has 0 fully saturated rings. The molecule has 1 heterocycles. The van der Waals surface area contributed by atoms with Crippen molar-refractivity contribution in [2.45, 2.75) is 0 Å². The first-order chi connectivity index (χ1) is 7.08. The molecule has 6 heteroatoms. The number of hydrogen-bond acceptors (Lipinski definition) is 5. The van der Waals surface area contributed by atoms with Crippen LogP contribution in [0.4, 0.5) is 5.69 Å². The summed E-state index contributed by atoms with van der Waals surface area (Å²) in [5, 5.41) is 19.6. The number of anilines is 1. The maximum atomic E-state index is 11.1. The van der Waals surface area contributed by atoms with E-state index in [9.17, 15) is 10.0 Å². The van der Waals surface area contributed by atoms with Gasteiger partial charge >= 0.3 is 5.63 Å². The molecule has 0 unspecified atom stereocenters. The molecule has 0 aliphatic heterocycles. The van der Waals surface area contributed by atoms with Crippen LogP contribution >= 0.6 is 15.9 Å². The van der Waals surface area contributed by atoms with Crippen molar-refractivity contribution in [2.75, 3.05) is 5.23 Å². The molecule has 0 bridgehead atoms. The van der Waals surface area contributed by atoms with Crippen molar-refractivity contribution in [2.24, 2.45) is 0 Å². The van der Waals surface area contributed by atoms with E-state index in [1.54, 1.807) is 0 Å². The number of rotatable bonds is 1. The topological polar surface area (TPSA) is 76.7 Å². The number of halogens is 1. The smallest absolute Gasteiger partial charge is 0.350 e. The molecule has 0 aliphatic rings. The fourth-order valence-corrected chi connectivity index (χ4v) is 1.53. The summed E-state index contributed by atoms with van der Waals surface area (Å²) in [7, 11) is 0. The lowest BCUT2D eigenvalue weighted by Gasteiger charge is -2.21. The Morgan fingerprint density at radius 2 is 2.13 bits per heavy atom. The predicted molar refractivity (Wildman–Crippen MR) is 57.8 cm³/mol. The molecule has 15 heavy (non-hydrogen) atoms. The van der Waals surface area contributed by atoms with Gasteiger partial charge in [0, 0.05) is 5.39 Å². The maximum absolute atomic E-state index is 11.1. The second-order valence-corrected chi connectivity index (χ2v) is 3.73. The first-order valence-electron chi connectivity index (χ1n) is 3.97. The van der Waals surface area contributed by atoms with E-state index in [2.05, 4.69) is 15.9 Å². The molecule has 0 spiro atoms. The van der Waals surface area contributed by atoms with Gasteiger partial charge in [0.05, 0.1) is 5.69 Å². The Morgan fingerprint density at radius 3 is 2.80 bits per heavy atom. The molecule has 1 N–H and O–H groups in total. The fraction of sp³-hybridized carbons (Fsp3) is 0. The van der Waals surface area contributed by atoms with Gasteiger partial charge in [-0.3, -0.25) is 5.21 Å². The van der Waals surface area contributed by atoms with Crippen LogP contribution in [0, 0.1) is 5.21 Å². The van der Waals surface area contributed by atoms with Gasteiger partial charge in [0.2, 0.25) is 0 Å². The highest BCUT2D eigenvalue weighted by Crippen LogP contribution is 2.21. The Hall–Kier alpha value is -1.37. The van der Waals surface area contributed by atoms with Gasteiger partial charge in [-0.05, 0) is 40.2 Å². The maximum Gasteiger partial charge on any atom is 0.350 e. The SMILES string of the molecule is O=c1oc2ccc(N([O-])O)cc2cc1Br. The highest BCUT2D eigenvalue weighted by molar-refractivity contribution is 9.10. The highest BCUT2D eigenvalue weighted by atomic mass is 79.9. The Bertz CT molecular complexity index is 564. The lowest BCUT2D eigenvalue weighted by atomic mass is 10.2. The van der Waals surface area contributed by atoms with Gasteiger partial charge in [-0.25, -0.2) is 4.79 Å². The van der Waals surface area contributed by atoms with Gasteiger partial charge < -0.3 is 14.9 Å². The van der Waals surface area contributed by atoms with E-state index in [0.29, 0.717) is 11.0 Å². The molecular weight excluding hydrogens is 266 g/mol. The Morgan fingerprint density at radius 1 is 1.40 bits per heavy atom. The third kappa shape index (κ3) is 1.87. The zero-order valence-electron chi connectivity index (χ0n) is 7.31. The van der Waals surface area contributed by atoms with Gasteiger partial charge in [-0.2, -0.15) is 0 Å². The molecule has 0 radical (unpaired) electrons. The summed E-state index contributed by atoms with van der Waals surface area (Å²) in [4.78, 5) is 11.1. The normalized spacial score (nSPS) is 10.6. The van der Waals surface area contributed by atoms with E-state index >= 15 is 0 Å². The summed E-state index contributed by atoms with van der Waals surface area (Å²) in [6.45, 7) is 0. The summed E-state index contributed by atoms with van der Waals surface area (Å²) >= 11 is 3.02. The summed E-state index contributed by atoms with van der Waals surface area (Å²) in [6, 6.07) is 5.73. The van der Waals surface area contributed by atoms with E-state index in [4.69, 9.17) is 9.62 Å². The number of benzene rings is 1. The third-order valence-electron chi connectivity index (χ3n) is 1.89. The first kappa shape index (κ1) is 10.2. The van der Waals surface area contributed by atoms with Crippen molar-refractivity contribution in [3.63, 3.8) is 0 Å². The fourth-order valence-electron chi connectivity index (χ4n) is 1.20. The van der Waals surface area contributed by atoms with Crippen LogP contribution in [0.15, 0.2) is 37.9 Å². The van der Waals surface area contributed by atoms with Crippen LogP contribution in [0.1, 0.15) is 0 Å². The van der Waals surface area contributed by atoms with Crippen LogP contribution < -0.4 is 10.9 Å². The van der Waals surface area contributed by atoms with Crippen molar-refractivity contribution in [1.29, 1.82) is 0 Å². The van der Waals surface area contributed by atoms with Crippen molar-refractivity contribution in [3.05, 3.63) is 44.4 Å². The molecule has 2 rings (SSSR count). The minimum Gasteiger partial charge on any atom is -0.733 e.